The highest BCUT2D eigenvalue weighted by Gasteiger charge is 2.03. The molecule has 110 valence electrons. The summed E-state index contributed by atoms with van der Waals surface area (Å²) in [5, 5.41) is 3.35. The first kappa shape index (κ1) is 16.0. The number of ether oxygens (including phenoxy) is 1. The third-order valence-electron chi connectivity index (χ3n) is 3.29. The van der Waals surface area contributed by atoms with Gasteiger partial charge in [-0.1, -0.05) is 13.8 Å². The van der Waals surface area contributed by atoms with E-state index in [0.717, 1.165) is 58.1 Å². The van der Waals surface area contributed by atoms with Crippen LogP contribution >= 0.6 is 0 Å². The number of aromatic nitrogens is 2. The van der Waals surface area contributed by atoms with Gasteiger partial charge in [0.1, 0.15) is 0 Å². The summed E-state index contributed by atoms with van der Waals surface area (Å²) in [6.45, 7) is 10.5. The second-order valence-electron chi connectivity index (χ2n) is 4.60. The molecule has 0 aliphatic rings. The third kappa shape index (κ3) is 6.07. The Morgan fingerprint density at radius 1 is 1.32 bits per heavy atom. The van der Waals surface area contributed by atoms with Crippen molar-refractivity contribution in [3.8, 4) is 0 Å². The fourth-order valence-electron chi connectivity index (χ4n) is 2.08. The minimum absolute atomic E-state index is 0.787. The van der Waals surface area contributed by atoms with Crippen LogP contribution in [0.1, 0.15) is 26.7 Å². The molecule has 0 aromatic carbocycles. The van der Waals surface area contributed by atoms with E-state index in [4.69, 9.17) is 4.74 Å². The van der Waals surface area contributed by atoms with E-state index in [1.54, 1.807) is 7.11 Å². The Hall–Kier alpha value is -1.07. The molecular formula is C14H28N4O. The van der Waals surface area contributed by atoms with E-state index in [2.05, 4.69) is 33.6 Å². The van der Waals surface area contributed by atoms with E-state index in [9.17, 15) is 0 Å². The molecule has 0 aliphatic heterocycles. The first-order valence-electron chi connectivity index (χ1n) is 7.28. The minimum Gasteiger partial charge on any atom is -0.385 e. The van der Waals surface area contributed by atoms with Crippen molar-refractivity contribution in [3.05, 3.63) is 12.4 Å². The normalized spacial score (nSPS) is 11.2. The molecule has 1 rings (SSSR count). The summed E-state index contributed by atoms with van der Waals surface area (Å²) in [6, 6.07) is 0. The van der Waals surface area contributed by atoms with Gasteiger partial charge in [-0.25, -0.2) is 4.98 Å². The molecule has 1 heterocycles. The molecule has 5 nitrogen and oxygen atoms in total. The number of aryl methyl sites for hydroxylation is 1. The van der Waals surface area contributed by atoms with Gasteiger partial charge in [0.15, 0.2) is 0 Å². The van der Waals surface area contributed by atoms with Crippen LogP contribution in [-0.4, -0.2) is 54.3 Å². The van der Waals surface area contributed by atoms with Crippen LogP contribution in [0.15, 0.2) is 12.4 Å². The number of anilines is 1. The number of nitrogens with one attached hydrogen (secondary N) is 1. The molecule has 1 aromatic rings. The van der Waals surface area contributed by atoms with E-state index >= 15 is 0 Å². The lowest BCUT2D eigenvalue weighted by atomic mass is 10.3. The number of nitrogens with zero attached hydrogens (tertiary/aromatic N) is 3. The van der Waals surface area contributed by atoms with Gasteiger partial charge in [-0.15, -0.1) is 0 Å². The summed E-state index contributed by atoms with van der Waals surface area (Å²) < 4.78 is 7.23. The molecule has 0 unspecified atom stereocenters. The fraction of sp³-hybridized carbons (Fsp3) is 0.786. The lowest BCUT2D eigenvalue weighted by Crippen LogP contribution is -2.25. The van der Waals surface area contributed by atoms with Gasteiger partial charge in [-0.2, -0.15) is 0 Å². The standard InChI is InChI=1S/C14H28N4O/c1-4-17(5-2)10-7-11-18-12-9-16-14(18)15-8-6-13-19-3/h9,12H,4-8,10-11,13H2,1-3H3,(H,15,16). The van der Waals surface area contributed by atoms with Crippen LogP contribution in [-0.2, 0) is 11.3 Å². The molecule has 0 saturated carbocycles. The predicted octanol–water partition coefficient (Wildman–Crippen LogP) is 2.06. The van der Waals surface area contributed by atoms with Crippen molar-refractivity contribution in [1.82, 2.24) is 14.5 Å². The molecule has 5 heteroatoms. The number of hydrogen-bond donors (Lipinski definition) is 1. The van der Waals surface area contributed by atoms with Crippen LogP contribution in [0.4, 0.5) is 5.95 Å². The second-order valence-corrected chi connectivity index (χ2v) is 4.60. The van der Waals surface area contributed by atoms with Gasteiger partial charge in [0.05, 0.1) is 0 Å². The highest BCUT2D eigenvalue weighted by atomic mass is 16.5. The average molecular weight is 268 g/mol. The molecule has 0 bridgehead atoms. The fourth-order valence-corrected chi connectivity index (χ4v) is 2.08. The van der Waals surface area contributed by atoms with Gasteiger partial charge in [-0.05, 0) is 32.5 Å². The van der Waals surface area contributed by atoms with Crippen LogP contribution < -0.4 is 5.32 Å². The molecule has 0 spiro atoms. The van der Waals surface area contributed by atoms with E-state index in [0.29, 0.717) is 0 Å². The summed E-state index contributed by atoms with van der Waals surface area (Å²) in [7, 11) is 1.73. The highest BCUT2D eigenvalue weighted by Crippen LogP contribution is 2.06. The maximum atomic E-state index is 5.03. The SMILES string of the molecule is CCN(CC)CCCn1ccnc1NCCCOC. The zero-order chi connectivity index (χ0) is 13.9. The maximum absolute atomic E-state index is 5.03. The van der Waals surface area contributed by atoms with Gasteiger partial charge in [0.25, 0.3) is 0 Å². The van der Waals surface area contributed by atoms with E-state index < -0.39 is 0 Å². The van der Waals surface area contributed by atoms with Gasteiger partial charge >= 0.3 is 0 Å². The van der Waals surface area contributed by atoms with E-state index in [-0.39, 0.29) is 0 Å². The number of rotatable bonds is 11. The first-order chi connectivity index (χ1) is 9.31. The molecule has 0 amide bonds. The monoisotopic (exact) mass is 268 g/mol. The molecule has 0 atom stereocenters. The van der Waals surface area contributed by atoms with Crippen molar-refractivity contribution < 1.29 is 4.74 Å². The Balaban J connectivity index is 2.28. The predicted molar refractivity (Wildman–Crippen MR) is 79.6 cm³/mol. The summed E-state index contributed by atoms with van der Waals surface area (Å²) in [5.74, 6) is 0.968. The van der Waals surface area contributed by atoms with E-state index in [1.807, 2.05) is 12.4 Å². The van der Waals surface area contributed by atoms with Crippen LogP contribution in [0.5, 0.6) is 0 Å². The lowest BCUT2D eigenvalue weighted by molar-refractivity contribution is 0.197. The lowest BCUT2D eigenvalue weighted by Gasteiger charge is -2.18. The van der Waals surface area contributed by atoms with Crippen LogP contribution in [0.25, 0.3) is 0 Å². The van der Waals surface area contributed by atoms with E-state index in [1.165, 1.54) is 0 Å². The summed E-state index contributed by atoms with van der Waals surface area (Å²) in [4.78, 5) is 6.80. The summed E-state index contributed by atoms with van der Waals surface area (Å²) in [5.41, 5.74) is 0. The number of imidazole rings is 1. The molecule has 1 N–H and O–H groups in total. The van der Waals surface area contributed by atoms with Crippen molar-refractivity contribution in [2.75, 3.05) is 45.2 Å². The van der Waals surface area contributed by atoms with Gasteiger partial charge < -0.3 is 19.5 Å². The average Bonchev–Trinajstić information content (AvgIpc) is 2.87. The third-order valence-corrected chi connectivity index (χ3v) is 3.29. The van der Waals surface area contributed by atoms with Crippen molar-refractivity contribution in [3.63, 3.8) is 0 Å². The number of methoxy groups -OCH3 is 1. The van der Waals surface area contributed by atoms with Crippen molar-refractivity contribution in [2.24, 2.45) is 0 Å². The second kappa shape index (κ2) is 9.81. The van der Waals surface area contributed by atoms with Crippen LogP contribution in [0, 0.1) is 0 Å². The molecule has 0 saturated heterocycles. The largest absolute Gasteiger partial charge is 0.385 e. The minimum atomic E-state index is 0.787. The molecule has 19 heavy (non-hydrogen) atoms. The van der Waals surface area contributed by atoms with Crippen molar-refractivity contribution in [2.45, 2.75) is 33.2 Å². The summed E-state index contributed by atoms with van der Waals surface area (Å²) >= 11 is 0. The van der Waals surface area contributed by atoms with Crippen LogP contribution in [0.3, 0.4) is 0 Å². The Kier molecular flexibility index (Phi) is 8.25. The van der Waals surface area contributed by atoms with Crippen molar-refractivity contribution in [1.29, 1.82) is 0 Å². The van der Waals surface area contributed by atoms with Crippen molar-refractivity contribution >= 4 is 5.95 Å². The quantitative estimate of drug-likeness (QED) is 0.624. The van der Waals surface area contributed by atoms with Gasteiger partial charge in [-0.3, -0.25) is 0 Å². The zero-order valence-corrected chi connectivity index (χ0v) is 12.6. The maximum Gasteiger partial charge on any atom is 0.202 e. The topological polar surface area (TPSA) is 42.3 Å². The van der Waals surface area contributed by atoms with Gasteiger partial charge in [0, 0.05) is 39.2 Å². The molecule has 0 fully saturated rings. The smallest absolute Gasteiger partial charge is 0.202 e. The highest BCUT2D eigenvalue weighted by molar-refractivity contribution is 5.25. The van der Waals surface area contributed by atoms with Crippen LogP contribution in [0.2, 0.25) is 0 Å². The molecule has 0 radical (unpaired) electrons. The summed E-state index contributed by atoms with van der Waals surface area (Å²) in [6.07, 6.45) is 6.06. The molecular weight excluding hydrogens is 240 g/mol. The molecule has 1 aromatic heterocycles. The first-order valence-corrected chi connectivity index (χ1v) is 7.28. The zero-order valence-electron chi connectivity index (χ0n) is 12.6. The van der Waals surface area contributed by atoms with Gasteiger partial charge in [0.2, 0.25) is 5.95 Å². The Bertz CT molecular complexity index is 323. The Morgan fingerprint density at radius 2 is 2.11 bits per heavy atom. The Labute approximate surface area is 117 Å². The number of hydrogen-bond acceptors (Lipinski definition) is 4. The Morgan fingerprint density at radius 3 is 2.79 bits per heavy atom. The molecule has 0 aliphatic carbocycles.